The van der Waals surface area contributed by atoms with Crippen LogP contribution in [0.25, 0.3) is 0 Å². The van der Waals surface area contributed by atoms with E-state index in [1.807, 2.05) is 43.0 Å². The Hall–Kier alpha value is -1.55. The van der Waals surface area contributed by atoms with Crippen molar-refractivity contribution in [3.05, 3.63) is 29.8 Å². The smallest absolute Gasteiger partial charge is 0.227 e. The molecule has 1 amide bonds. The number of nitrogens with zero attached hydrogens (tertiary/aromatic N) is 1. The lowest BCUT2D eigenvalue weighted by Crippen LogP contribution is -2.41. The maximum atomic E-state index is 12.2. The van der Waals surface area contributed by atoms with Crippen LogP contribution < -0.4 is 5.73 Å². The van der Waals surface area contributed by atoms with Crippen LogP contribution in [-0.4, -0.2) is 37.1 Å². The topological polar surface area (TPSA) is 55.6 Å². The zero-order valence-corrected chi connectivity index (χ0v) is 11.3. The average Bonchev–Trinajstić information content (AvgIpc) is 2.33. The van der Waals surface area contributed by atoms with E-state index < -0.39 is 0 Å². The number of amides is 1. The SMILES string of the molecule is CCN(C(=O)Cc1ccccc1N)C(C)COC. The summed E-state index contributed by atoms with van der Waals surface area (Å²) in [5, 5.41) is 0. The molecule has 0 aliphatic heterocycles. The maximum absolute atomic E-state index is 12.2. The minimum atomic E-state index is 0.0810. The number of rotatable bonds is 6. The number of benzene rings is 1. The molecule has 0 saturated heterocycles. The van der Waals surface area contributed by atoms with Crippen LogP contribution >= 0.6 is 0 Å². The lowest BCUT2D eigenvalue weighted by molar-refractivity contribution is -0.133. The first kappa shape index (κ1) is 14.5. The van der Waals surface area contributed by atoms with E-state index in [4.69, 9.17) is 10.5 Å². The maximum Gasteiger partial charge on any atom is 0.227 e. The van der Waals surface area contributed by atoms with E-state index in [1.165, 1.54) is 0 Å². The predicted molar refractivity (Wildman–Crippen MR) is 73.3 cm³/mol. The van der Waals surface area contributed by atoms with Crippen LogP contribution in [0, 0.1) is 0 Å². The largest absolute Gasteiger partial charge is 0.398 e. The van der Waals surface area contributed by atoms with Crippen molar-refractivity contribution in [1.82, 2.24) is 4.90 Å². The fourth-order valence-corrected chi connectivity index (χ4v) is 2.02. The number of methoxy groups -OCH3 is 1. The standard InChI is InChI=1S/C14H22N2O2/c1-4-16(11(2)10-18-3)14(17)9-12-7-5-6-8-13(12)15/h5-8,11H,4,9-10,15H2,1-3H3. The third-order valence-corrected chi connectivity index (χ3v) is 3.00. The van der Waals surface area contributed by atoms with Crippen LogP contribution in [0.1, 0.15) is 19.4 Å². The molecule has 0 heterocycles. The van der Waals surface area contributed by atoms with Gasteiger partial charge in [0.1, 0.15) is 0 Å². The second kappa shape index (κ2) is 7.01. The Kier molecular flexibility index (Phi) is 5.65. The van der Waals surface area contributed by atoms with E-state index in [0.717, 1.165) is 5.56 Å². The second-order valence-corrected chi connectivity index (χ2v) is 4.36. The van der Waals surface area contributed by atoms with Gasteiger partial charge in [-0.1, -0.05) is 18.2 Å². The third kappa shape index (κ3) is 3.74. The van der Waals surface area contributed by atoms with Crippen molar-refractivity contribution >= 4 is 11.6 Å². The fourth-order valence-electron chi connectivity index (χ4n) is 2.02. The molecule has 1 atom stereocenters. The molecule has 1 rings (SSSR count). The Morgan fingerprint density at radius 2 is 2.11 bits per heavy atom. The summed E-state index contributed by atoms with van der Waals surface area (Å²) in [5.74, 6) is 0.0833. The van der Waals surface area contributed by atoms with E-state index in [-0.39, 0.29) is 11.9 Å². The molecule has 1 aromatic rings. The summed E-state index contributed by atoms with van der Waals surface area (Å²) in [4.78, 5) is 14.0. The molecule has 0 bridgehead atoms. The molecule has 0 saturated carbocycles. The van der Waals surface area contributed by atoms with E-state index in [1.54, 1.807) is 7.11 Å². The highest BCUT2D eigenvalue weighted by atomic mass is 16.5. The fraction of sp³-hybridized carbons (Fsp3) is 0.500. The van der Waals surface area contributed by atoms with Gasteiger partial charge in [0.25, 0.3) is 0 Å². The Balaban J connectivity index is 2.71. The van der Waals surface area contributed by atoms with Crippen molar-refractivity contribution < 1.29 is 9.53 Å². The highest BCUT2D eigenvalue weighted by Crippen LogP contribution is 2.13. The van der Waals surface area contributed by atoms with Crippen LogP contribution in [0.2, 0.25) is 0 Å². The van der Waals surface area contributed by atoms with Gasteiger partial charge in [-0.15, -0.1) is 0 Å². The summed E-state index contributed by atoms with van der Waals surface area (Å²) in [5.41, 5.74) is 7.40. The molecule has 100 valence electrons. The summed E-state index contributed by atoms with van der Waals surface area (Å²) in [6.07, 6.45) is 0.342. The predicted octanol–water partition coefficient (Wildman–Crippen LogP) is 1.69. The molecule has 18 heavy (non-hydrogen) atoms. The zero-order valence-electron chi connectivity index (χ0n) is 11.3. The molecule has 0 radical (unpaired) electrons. The van der Waals surface area contributed by atoms with Crippen molar-refractivity contribution in [3.8, 4) is 0 Å². The highest BCUT2D eigenvalue weighted by Gasteiger charge is 2.19. The van der Waals surface area contributed by atoms with Gasteiger partial charge in [0.05, 0.1) is 19.1 Å². The monoisotopic (exact) mass is 250 g/mol. The van der Waals surface area contributed by atoms with Crippen molar-refractivity contribution in [2.45, 2.75) is 26.3 Å². The van der Waals surface area contributed by atoms with Gasteiger partial charge in [0.15, 0.2) is 0 Å². The minimum Gasteiger partial charge on any atom is -0.398 e. The molecule has 0 aliphatic rings. The summed E-state index contributed by atoms with van der Waals surface area (Å²) < 4.78 is 5.09. The number of ether oxygens (including phenoxy) is 1. The van der Waals surface area contributed by atoms with E-state index in [2.05, 4.69) is 0 Å². The number of anilines is 1. The number of carbonyl (C=O) groups excluding carboxylic acids is 1. The molecule has 4 nitrogen and oxygen atoms in total. The molecule has 0 spiro atoms. The van der Waals surface area contributed by atoms with Crippen molar-refractivity contribution in [3.63, 3.8) is 0 Å². The quantitative estimate of drug-likeness (QED) is 0.782. The molecule has 0 aliphatic carbocycles. The average molecular weight is 250 g/mol. The first-order valence-electron chi connectivity index (χ1n) is 6.21. The van der Waals surface area contributed by atoms with Crippen LogP contribution in [-0.2, 0) is 16.0 Å². The van der Waals surface area contributed by atoms with Crippen LogP contribution in [0.3, 0.4) is 0 Å². The minimum absolute atomic E-state index is 0.0810. The number of hydrogen-bond acceptors (Lipinski definition) is 3. The zero-order chi connectivity index (χ0) is 13.5. The summed E-state index contributed by atoms with van der Waals surface area (Å²) in [7, 11) is 1.64. The Bertz CT molecular complexity index is 393. The number of likely N-dealkylation sites (N-methyl/N-ethyl adjacent to an activating group) is 1. The number of nitrogen functional groups attached to an aromatic ring is 1. The second-order valence-electron chi connectivity index (χ2n) is 4.36. The van der Waals surface area contributed by atoms with Gasteiger partial charge in [-0.2, -0.15) is 0 Å². The first-order valence-corrected chi connectivity index (χ1v) is 6.21. The van der Waals surface area contributed by atoms with E-state index >= 15 is 0 Å². The van der Waals surface area contributed by atoms with Gasteiger partial charge in [0, 0.05) is 19.3 Å². The van der Waals surface area contributed by atoms with Gasteiger partial charge in [-0.25, -0.2) is 0 Å². The molecule has 0 aromatic heterocycles. The molecule has 1 aromatic carbocycles. The molecule has 2 N–H and O–H groups in total. The van der Waals surface area contributed by atoms with Crippen LogP contribution in [0.4, 0.5) is 5.69 Å². The molecule has 4 heteroatoms. The molecule has 1 unspecified atom stereocenters. The summed E-state index contributed by atoms with van der Waals surface area (Å²) in [6, 6.07) is 7.55. The van der Waals surface area contributed by atoms with Gasteiger partial charge >= 0.3 is 0 Å². The first-order chi connectivity index (χ1) is 8.60. The Morgan fingerprint density at radius 1 is 1.44 bits per heavy atom. The van der Waals surface area contributed by atoms with Crippen LogP contribution in [0.5, 0.6) is 0 Å². The van der Waals surface area contributed by atoms with Gasteiger partial charge in [-0.05, 0) is 25.5 Å². The molecular formula is C14H22N2O2. The van der Waals surface area contributed by atoms with E-state index in [9.17, 15) is 4.79 Å². The number of para-hydroxylation sites is 1. The molecular weight excluding hydrogens is 228 g/mol. The number of hydrogen-bond donors (Lipinski definition) is 1. The van der Waals surface area contributed by atoms with Gasteiger partial charge in [0.2, 0.25) is 5.91 Å². The highest BCUT2D eigenvalue weighted by molar-refractivity contribution is 5.80. The Labute approximate surface area is 109 Å². The van der Waals surface area contributed by atoms with Gasteiger partial charge in [-0.3, -0.25) is 4.79 Å². The summed E-state index contributed by atoms with van der Waals surface area (Å²) >= 11 is 0. The van der Waals surface area contributed by atoms with Crippen molar-refractivity contribution in [2.75, 3.05) is 26.0 Å². The van der Waals surface area contributed by atoms with E-state index in [0.29, 0.717) is 25.3 Å². The number of nitrogens with two attached hydrogens (primary N) is 1. The summed E-state index contributed by atoms with van der Waals surface area (Å²) in [6.45, 7) is 5.18. The van der Waals surface area contributed by atoms with Crippen LogP contribution in [0.15, 0.2) is 24.3 Å². The number of carbonyl (C=O) groups is 1. The molecule has 0 fully saturated rings. The van der Waals surface area contributed by atoms with Crippen molar-refractivity contribution in [2.24, 2.45) is 0 Å². The lowest BCUT2D eigenvalue weighted by atomic mass is 10.1. The lowest BCUT2D eigenvalue weighted by Gasteiger charge is -2.27. The van der Waals surface area contributed by atoms with Crippen molar-refractivity contribution in [1.29, 1.82) is 0 Å². The normalized spacial score (nSPS) is 12.2. The van der Waals surface area contributed by atoms with Gasteiger partial charge < -0.3 is 15.4 Å². The third-order valence-electron chi connectivity index (χ3n) is 3.00. The Morgan fingerprint density at radius 3 is 2.67 bits per heavy atom.